The second-order valence-electron chi connectivity index (χ2n) is 4.50. The largest absolute Gasteiger partial charge is 0.322 e. The summed E-state index contributed by atoms with van der Waals surface area (Å²) in [5.41, 5.74) is 1.42. The van der Waals surface area contributed by atoms with E-state index in [1.54, 1.807) is 17.4 Å². The van der Waals surface area contributed by atoms with Gasteiger partial charge in [0.2, 0.25) is 0 Å². The molecular formula is C14H10BrCl2FN2S. The topological polar surface area (TPSA) is 17.8 Å². The number of hydrogen-bond donors (Lipinski definition) is 0. The average molecular weight is 408 g/mol. The van der Waals surface area contributed by atoms with Crippen molar-refractivity contribution in [2.75, 3.05) is 5.88 Å². The highest BCUT2D eigenvalue weighted by atomic mass is 79.9. The van der Waals surface area contributed by atoms with Crippen LogP contribution < -0.4 is 0 Å². The molecule has 1 aromatic carbocycles. The van der Waals surface area contributed by atoms with Gasteiger partial charge in [-0.1, -0.05) is 11.6 Å². The van der Waals surface area contributed by atoms with Gasteiger partial charge in [-0.2, -0.15) is 0 Å². The number of fused-ring (bicyclic) bond motifs is 1. The van der Waals surface area contributed by atoms with Gasteiger partial charge in [0.25, 0.3) is 0 Å². The number of imidazole rings is 1. The van der Waals surface area contributed by atoms with Crippen LogP contribution in [0, 0.1) is 5.82 Å². The van der Waals surface area contributed by atoms with E-state index in [9.17, 15) is 4.39 Å². The van der Waals surface area contributed by atoms with Gasteiger partial charge < -0.3 is 4.57 Å². The molecule has 0 unspecified atom stereocenters. The van der Waals surface area contributed by atoms with E-state index in [-0.39, 0.29) is 5.02 Å². The minimum Gasteiger partial charge on any atom is -0.322 e. The predicted molar refractivity (Wildman–Crippen MR) is 90.2 cm³/mol. The Kier molecular flexibility index (Phi) is 4.54. The van der Waals surface area contributed by atoms with Crippen molar-refractivity contribution in [1.82, 2.24) is 9.55 Å². The van der Waals surface area contributed by atoms with Crippen LogP contribution in [-0.2, 0) is 13.0 Å². The zero-order valence-electron chi connectivity index (χ0n) is 10.7. The lowest BCUT2D eigenvalue weighted by Gasteiger charge is -2.08. The molecule has 2 aromatic heterocycles. The molecule has 0 spiro atoms. The third-order valence-corrected chi connectivity index (χ3v) is 5.57. The highest BCUT2D eigenvalue weighted by Gasteiger charge is 2.15. The van der Waals surface area contributed by atoms with Crippen LogP contribution in [0.4, 0.5) is 4.39 Å². The van der Waals surface area contributed by atoms with Crippen molar-refractivity contribution in [3.8, 4) is 0 Å². The van der Waals surface area contributed by atoms with Crippen LogP contribution in [0.15, 0.2) is 28.1 Å². The van der Waals surface area contributed by atoms with Gasteiger partial charge in [0.15, 0.2) is 0 Å². The van der Waals surface area contributed by atoms with E-state index in [1.165, 1.54) is 6.07 Å². The van der Waals surface area contributed by atoms with Crippen molar-refractivity contribution in [2.45, 2.75) is 13.0 Å². The Balaban J connectivity index is 2.15. The van der Waals surface area contributed by atoms with Crippen molar-refractivity contribution in [3.05, 3.63) is 49.6 Å². The second kappa shape index (κ2) is 6.24. The van der Waals surface area contributed by atoms with Gasteiger partial charge in [-0.3, -0.25) is 0 Å². The molecule has 0 N–H and O–H groups in total. The first kappa shape index (κ1) is 15.3. The zero-order chi connectivity index (χ0) is 15.0. The molecule has 0 fully saturated rings. The van der Waals surface area contributed by atoms with Gasteiger partial charge in [-0.05, 0) is 33.4 Å². The Hall–Kier alpha value is -0.620. The summed E-state index contributed by atoms with van der Waals surface area (Å²) in [6.07, 6.45) is 0.623. The summed E-state index contributed by atoms with van der Waals surface area (Å²) >= 11 is 16.9. The number of alkyl halides is 1. The Bertz CT molecular complexity index is 800. The van der Waals surface area contributed by atoms with Crippen LogP contribution >= 0.6 is 50.5 Å². The smallest absolute Gasteiger partial charge is 0.144 e. The number of nitrogens with zero attached hydrogens (tertiary/aromatic N) is 2. The van der Waals surface area contributed by atoms with Gasteiger partial charge in [0.1, 0.15) is 11.6 Å². The second-order valence-corrected chi connectivity index (χ2v) is 7.14. The lowest BCUT2D eigenvalue weighted by molar-refractivity contribution is 0.628. The van der Waals surface area contributed by atoms with Crippen LogP contribution in [0.25, 0.3) is 11.0 Å². The molecule has 0 saturated carbocycles. The molecule has 0 amide bonds. The minimum absolute atomic E-state index is 0.0851. The number of halogens is 4. The molecular weight excluding hydrogens is 398 g/mol. The fraction of sp³-hybridized carbons (Fsp3) is 0.214. The molecule has 3 rings (SSSR count). The van der Waals surface area contributed by atoms with Gasteiger partial charge in [0, 0.05) is 27.7 Å². The van der Waals surface area contributed by atoms with E-state index in [2.05, 4.69) is 20.9 Å². The third kappa shape index (κ3) is 2.97. The fourth-order valence-electron chi connectivity index (χ4n) is 2.20. The van der Waals surface area contributed by atoms with Crippen LogP contribution in [0.3, 0.4) is 0 Å². The predicted octanol–water partition coefficient (Wildman–Crippen LogP) is 5.48. The zero-order valence-corrected chi connectivity index (χ0v) is 14.7. The third-order valence-electron chi connectivity index (χ3n) is 3.18. The first-order valence-corrected chi connectivity index (χ1v) is 8.80. The van der Waals surface area contributed by atoms with Gasteiger partial charge in [-0.15, -0.1) is 22.9 Å². The minimum atomic E-state index is -0.437. The molecule has 0 aliphatic rings. The lowest BCUT2D eigenvalue weighted by atomic mass is 10.3. The number of aromatic nitrogens is 2. The summed E-state index contributed by atoms with van der Waals surface area (Å²) in [5, 5.41) is 2.10. The number of rotatable bonds is 4. The number of benzene rings is 1. The lowest BCUT2D eigenvalue weighted by Crippen LogP contribution is -2.05. The maximum absolute atomic E-state index is 13.8. The Labute approximate surface area is 143 Å². The highest BCUT2D eigenvalue weighted by Crippen LogP contribution is 2.28. The first-order valence-electron chi connectivity index (χ1n) is 6.22. The Morgan fingerprint density at radius 2 is 2.19 bits per heavy atom. The molecule has 21 heavy (non-hydrogen) atoms. The van der Waals surface area contributed by atoms with Gasteiger partial charge in [-0.25, -0.2) is 9.37 Å². The van der Waals surface area contributed by atoms with E-state index >= 15 is 0 Å². The van der Waals surface area contributed by atoms with E-state index in [4.69, 9.17) is 23.2 Å². The van der Waals surface area contributed by atoms with Crippen molar-refractivity contribution < 1.29 is 4.39 Å². The highest BCUT2D eigenvalue weighted by molar-refractivity contribution is 9.10. The molecule has 110 valence electrons. The normalized spacial score (nSPS) is 11.4. The van der Waals surface area contributed by atoms with Crippen molar-refractivity contribution in [3.63, 3.8) is 0 Å². The standard InChI is InChI=1S/C14H10BrCl2FN2S/c15-8-2-4-21-13(8)7-20-12-6-10(18)9(17)5-11(12)19-14(20)1-3-16/h2,4-6H,1,3,7H2. The average Bonchev–Trinajstić information content (AvgIpc) is 2.98. The van der Waals surface area contributed by atoms with Crippen molar-refractivity contribution in [1.29, 1.82) is 0 Å². The van der Waals surface area contributed by atoms with Crippen LogP contribution in [0.5, 0.6) is 0 Å². The van der Waals surface area contributed by atoms with E-state index in [1.807, 2.05) is 16.0 Å². The van der Waals surface area contributed by atoms with E-state index in [0.29, 0.717) is 24.4 Å². The molecule has 0 aliphatic carbocycles. The molecule has 0 saturated heterocycles. The SMILES string of the molecule is Fc1cc2c(cc1Cl)nc(CCCl)n2Cc1sccc1Br. The van der Waals surface area contributed by atoms with Crippen molar-refractivity contribution in [2.24, 2.45) is 0 Å². The fourth-order valence-corrected chi connectivity index (χ4v) is 4.00. The molecule has 0 atom stereocenters. The van der Waals surface area contributed by atoms with Crippen LogP contribution in [-0.4, -0.2) is 15.4 Å². The summed E-state index contributed by atoms with van der Waals surface area (Å²) in [7, 11) is 0. The number of aryl methyl sites for hydroxylation is 1. The van der Waals surface area contributed by atoms with Gasteiger partial charge in [0.05, 0.1) is 22.6 Å². The van der Waals surface area contributed by atoms with E-state index in [0.717, 1.165) is 20.7 Å². The molecule has 2 heterocycles. The summed E-state index contributed by atoms with van der Waals surface area (Å²) in [6, 6.07) is 4.99. The summed E-state index contributed by atoms with van der Waals surface area (Å²) in [4.78, 5) is 5.68. The molecule has 0 bridgehead atoms. The quantitative estimate of drug-likeness (QED) is 0.523. The van der Waals surface area contributed by atoms with Gasteiger partial charge >= 0.3 is 0 Å². The maximum atomic E-state index is 13.8. The summed E-state index contributed by atoms with van der Waals surface area (Å²) < 4.78 is 16.8. The monoisotopic (exact) mass is 406 g/mol. The summed E-state index contributed by atoms with van der Waals surface area (Å²) in [5.74, 6) is 0.862. The number of hydrogen-bond acceptors (Lipinski definition) is 2. The molecule has 7 heteroatoms. The summed E-state index contributed by atoms with van der Waals surface area (Å²) in [6.45, 7) is 0.627. The first-order chi connectivity index (χ1) is 10.1. The number of thiophene rings is 1. The maximum Gasteiger partial charge on any atom is 0.144 e. The Morgan fingerprint density at radius 3 is 2.86 bits per heavy atom. The molecule has 2 nitrogen and oxygen atoms in total. The molecule has 0 radical (unpaired) electrons. The molecule has 0 aliphatic heterocycles. The van der Waals surface area contributed by atoms with E-state index < -0.39 is 5.82 Å². The van der Waals surface area contributed by atoms with Crippen LogP contribution in [0.2, 0.25) is 5.02 Å². The Morgan fingerprint density at radius 1 is 1.38 bits per heavy atom. The van der Waals surface area contributed by atoms with Crippen molar-refractivity contribution >= 4 is 61.5 Å². The van der Waals surface area contributed by atoms with Crippen LogP contribution in [0.1, 0.15) is 10.7 Å². The molecule has 3 aromatic rings.